The Bertz CT molecular complexity index is 410. The van der Waals surface area contributed by atoms with Crippen molar-refractivity contribution in [3.8, 4) is 5.75 Å². The van der Waals surface area contributed by atoms with E-state index in [2.05, 4.69) is 0 Å². The van der Waals surface area contributed by atoms with Crippen LogP contribution in [0.3, 0.4) is 0 Å². The Kier molecular flexibility index (Phi) is 3.44. The summed E-state index contributed by atoms with van der Waals surface area (Å²) in [6.07, 6.45) is 1.51. The highest BCUT2D eigenvalue weighted by molar-refractivity contribution is 5.59. The molecule has 0 unspecified atom stereocenters. The highest BCUT2D eigenvalue weighted by atomic mass is 16.6. The van der Waals surface area contributed by atoms with Crippen LogP contribution in [0.25, 0.3) is 6.08 Å². The molecule has 0 fully saturated rings. The van der Waals surface area contributed by atoms with Crippen LogP contribution in [-0.4, -0.2) is 12.0 Å². The van der Waals surface area contributed by atoms with Gasteiger partial charge in [0.05, 0.1) is 12.0 Å². The zero-order valence-corrected chi connectivity index (χ0v) is 8.98. The molecular formula is C11H13NO3. The van der Waals surface area contributed by atoms with E-state index in [1.54, 1.807) is 13.2 Å². The second-order valence-corrected chi connectivity index (χ2v) is 3.29. The minimum absolute atomic E-state index is 0.0962. The molecule has 0 heterocycles. The van der Waals surface area contributed by atoms with Crippen molar-refractivity contribution in [2.45, 2.75) is 13.8 Å². The summed E-state index contributed by atoms with van der Waals surface area (Å²) < 4.78 is 5.11. The number of hydrogen-bond acceptors (Lipinski definition) is 3. The molecule has 0 saturated carbocycles. The molecule has 0 N–H and O–H groups in total. The van der Waals surface area contributed by atoms with Crippen LogP contribution in [0, 0.1) is 17.0 Å². The molecule has 4 heteroatoms. The van der Waals surface area contributed by atoms with Gasteiger partial charge < -0.3 is 4.74 Å². The first-order chi connectivity index (χ1) is 7.04. The molecule has 0 aromatic heterocycles. The van der Waals surface area contributed by atoms with E-state index in [-0.39, 0.29) is 5.70 Å². The first kappa shape index (κ1) is 11.2. The fourth-order valence-electron chi connectivity index (χ4n) is 1.24. The first-order valence-electron chi connectivity index (χ1n) is 4.52. The van der Waals surface area contributed by atoms with Gasteiger partial charge >= 0.3 is 0 Å². The van der Waals surface area contributed by atoms with Crippen molar-refractivity contribution < 1.29 is 9.66 Å². The Morgan fingerprint density at radius 2 is 2.20 bits per heavy atom. The molecule has 15 heavy (non-hydrogen) atoms. The van der Waals surface area contributed by atoms with E-state index in [1.165, 1.54) is 13.0 Å². The molecular weight excluding hydrogens is 194 g/mol. The highest BCUT2D eigenvalue weighted by Crippen LogP contribution is 2.22. The van der Waals surface area contributed by atoms with E-state index in [0.29, 0.717) is 5.75 Å². The fourth-order valence-corrected chi connectivity index (χ4v) is 1.24. The first-order valence-corrected chi connectivity index (χ1v) is 4.52. The Morgan fingerprint density at radius 1 is 1.53 bits per heavy atom. The zero-order chi connectivity index (χ0) is 11.4. The lowest BCUT2D eigenvalue weighted by Crippen LogP contribution is -1.94. The van der Waals surface area contributed by atoms with Crippen LogP contribution in [0.5, 0.6) is 5.75 Å². The number of allylic oxidation sites excluding steroid dienone is 1. The number of nitrogens with zero attached hydrogens (tertiary/aromatic N) is 1. The van der Waals surface area contributed by atoms with Crippen molar-refractivity contribution in [1.29, 1.82) is 0 Å². The Balaban J connectivity index is 3.18. The third kappa shape index (κ3) is 2.80. The molecule has 0 aliphatic rings. The maximum absolute atomic E-state index is 10.5. The van der Waals surface area contributed by atoms with E-state index in [1.807, 2.05) is 19.1 Å². The molecule has 4 nitrogen and oxygen atoms in total. The number of ether oxygens (including phenoxy) is 1. The van der Waals surface area contributed by atoms with Crippen LogP contribution in [0.4, 0.5) is 0 Å². The van der Waals surface area contributed by atoms with Crippen LogP contribution in [0.2, 0.25) is 0 Å². The minimum atomic E-state index is -0.415. The molecule has 0 atom stereocenters. The maximum Gasteiger partial charge on any atom is 0.243 e. The third-order valence-electron chi connectivity index (χ3n) is 2.04. The lowest BCUT2D eigenvalue weighted by molar-refractivity contribution is -0.422. The normalized spacial score (nSPS) is 11.3. The van der Waals surface area contributed by atoms with Crippen LogP contribution < -0.4 is 4.74 Å². The van der Waals surface area contributed by atoms with E-state index in [0.717, 1.165) is 11.1 Å². The van der Waals surface area contributed by atoms with E-state index >= 15 is 0 Å². The number of benzene rings is 1. The Morgan fingerprint density at radius 3 is 2.73 bits per heavy atom. The Labute approximate surface area is 88.3 Å². The van der Waals surface area contributed by atoms with Gasteiger partial charge in [0.2, 0.25) is 5.70 Å². The van der Waals surface area contributed by atoms with Crippen molar-refractivity contribution in [3.63, 3.8) is 0 Å². The van der Waals surface area contributed by atoms with E-state index in [4.69, 9.17) is 4.74 Å². The number of nitro groups is 1. The predicted molar refractivity (Wildman–Crippen MR) is 58.4 cm³/mol. The lowest BCUT2D eigenvalue weighted by atomic mass is 10.1. The number of methoxy groups -OCH3 is 1. The van der Waals surface area contributed by atoms with Crippen molar-refractivity contribution >= 4 is 6.08 Å². The van der Waals surface area contributed by atoms with Crippen molar-refractivity contribution in [1.82, 2.24) is 0 Å². The van der Waals surface area contributed by atoms with Crippen molar-refractivity contribution in [3.05, 3.63) is 45.1 Å². The van der Waals surface area contributed by atoms with Gasteiger partial charge in [0, 0.05) is 18.6 Å². The average molecular weight is 207 g/mol. The zero-order valence-electron chi connectivity index (χ0n) is 8.98. The highest BCUT2D eigenvalue weighted by Gasteiger charge is 2.06. The minimum Gasteiger partial charge on any atom is -0.496 e. The monoisotopic (exact) mass is 207 g/mol. The predicted octanol–water partition coefficient (Wildman–Crippen LogP) is 2.64. The summed E-state index contributed by atoms with van der Waals surface area (Å²) >= 11 is 0. The Hall–Kier alpha value is -1.84. The van der Waals surface area contributed by atoms with Crippen LogP contribution in [0.15, 0.2) is 23.9 Å². The molecule has 0 saturated heterocycles. The summed E-state index contributed by atoms with van der Waals surface area (Å²) in [6.45, 7) is 3.39. The van der Waals surface area contributed by atoms with Crippen LogP contribution >= 0.6 is 0 Å². The molecule has 0 amide bonds. The number of aryl methyl sites for hydroxylation is 1. The van der Waals surface area contributed by atoms with E-state index < -0.39 is 4.92 Å². The summed E-state index contributed by atoms with van der Waals surface area (Å²) in [5, 5.41) is 10.5. The number of hydrogen-bond donors (Lipinski definition) is 0. The van der Waals surface area contributed by atoms with Gasteiger partial charge in [-0.2, -0.15) is 0 Å². The van der Waals surface area contributed by atoms with Gasteiger partial charge in [0.1, 0.15) is 5.75 Å². The van der Waals surface area contributed by atoms with Gasteiger partial charge in [0.25, 0.3) is 0 Å². The maximum atomic E-state index is 10.5. The molecule has 80 valence electrons. The molecule has 1 aromatic carbocycles. The molecule has 1 rings (SSSR count). The van der Waals surface area contributed by atoms with Gasteiger partial charge in [-0.3, -0.25) is 10.1 Å². The summed E-state index contributed by atoms with van der Waals surface area (Å²) in [7, 11) is 1.55. The second-order valence-electron chi connectivity index (χ2n) is 3.29. The van der Waals surface area contributed by atoms with Gasteiger partial charge in [0.15, 0.2) is 0 Å². The fraction of sp³-hybridized carbons (Fsp3) is 0.273. The standard InChI is InChI=1S/C11H13NO3/c1-8-4-5-11(15-3)10(6-8)7-9(2)12(13)14/h4-7H,1-3H3. The topological polar surface area (TPSA) is 52.4 Å². The third-order valence-corrected chi connectivity index (χ3v) is 2.04. The second kappa shape index (κ2) is 4.59. The molecule has 1 aromatic rings. The lowest BCUT2D eigenvalue weighted by Gasteiger charge is -2.05. The molecule has 0 aliphatic heterocycles. The van der Waals surface area contributed by atoms with Gasteiger partial charge in [-0.1, -0.05) is 11.6 Å². The molecule has 0 aliphatic carbocycles. The molecule has 0 bridgehead atoms. The van der Waals surface area contributed by atoms with Gasteiger partial charge in [-0.25, -0.2) is 0 Å². The van der Waals surface area contributed by atoms with Gasteiger partial charge in [-0.05, 0) is 19.1 Å². The SMILES string of the molecule is COc1ccc(C)cc1C=C(C)[N+](=O)[O-]. The van der Waals surface area contributed by atoms with Crippen molar-refractivity contribution in [2.24, 2.45) is 0 Å². The quantitative estimate of drug-likeness (QED) is 0.565. The summed E-state index contributed by atoms with van der Waals surface area (Å²) in [5.74, 6) is 0.641. The average Bonchev–Trinajstić information content (AvgIpc) is 2.18. The summed E-state index contributed by atoms with van der Waals surface area (Å²) in [6, 6.07) is 5.55. The molecule has 0 spiro atoms. The largest absolute Gasteiger partial charge is 0.496 e. The van der Waals surface area contributed by atoms with Crippen LogP contribution in [-0.2, 0) is 0 Å². The summed E-state index contributed by atoms with van der Waals surface area (Å²) in [4.78, 5) is 10.1. The van der Waals surface area contributed by atoms with Gasteiger partial charge in [-0.15, -0.1) is 0 Å². The smallest absolute Gasteiger partial charge is 0.243 e. The number of rotatable bonds is 3. The van der Waals surface area contributed by atoms with Crippen molar-refractivity contribution in [2.75, 3.05) is 7.11 Å². The van der Waals surface area contributed by atoms with E-state index in [9.17, 15) is 10.1 Å². The van der Waals surface area contributed by atoms with Crippen LogP contribution in [0.1, 0.15) is 18.1 Å². The molecule has 0 radical (unpaired) electrons. The summed E-state index contributed by atoms with van der Waals surface area (Å²) in [5.41, 5.74) is 1.86.